The number of halogens is 3. The van der Waals surface area contributed by atoms with Gasteiger partial charge in [-0.25, -0.2) is 9.78 Å². The first-order valence-corrected chi connectivity index (χ1v) is 10.1. The molecule has 11 heteroatoms. The number of amides is 1. The summed E-state index contributed by atoms with van der Waals surface area (Å²) in [6, 6.07) is 3.61. The summed E-state index contributed by atoms with van der Waals surface area (Å²) in [7, 11) is 1.54. The molecule has 1 aromatic rings. The van der Waals surface area contributed by atoms with Crippen molar-refractivity contribution >= 4 is 11.9 Å². The van der Waals surface area contributed by atoms with Gasteiger partial charge >= 0.3 is 12.1 Å². The maximum Gasteiger partial charge on any atom is 0.490 e. The number of carbonyl (C=O) groups excluding carboxylic acids is 1. The Morgan fingerprint density at radius 3 is 2.61 bits per heavy atom. The Bertz CT molecular complexity index is 786. The molecule has 0 radical (unpaired) electrons. The van der Waals surface area contributed by atoms with E-state index in [1.807, 2.05) is 4.90 Å². The maximum atomic E-state index is 13.1. The smallest absolute Gasteiger partial charge is 0.480 e. The van der Waals surface area contributed by atoms with E-state index in [9.17, 15) is 18.0 Å². The summed E-state index contributed by atoms with van der Waals surface area (Å²) in [6.45, 7) is 1.93. The molecule has 4 rings (SSSR count). The lowest BCUT2D eigenvalue weighted by molar-refractivity contribution is -0.192. The van der Waals surface area contributed by atoms with Gasteiger partial charge in [0.1, 0.15) is 11.7 Å². The van der Waals surface area contributed by atoms with Crippen molar-refractivity contribution < 1.29 is 42.1 Å². The number of nitrogens with zero attached hydrogens (tertiary/aromatic N) is 2. The topological polar surface area (TPSA) is 98.2 Å². The fourth-order valence-corrected chi connectivity index (χ4v) is 3.76. The van der Waals surface area contributed by atoms with Crippen molar-refractivity contribution in [1.29, 1.82) is 0 Å². The molecule has 2 saturated carbocycles. The number of alkyl halides is 3. The molecule has 1 aliphatic heterocycles. The molecule has 0 spiro atoms. The average Bonchev–Trinajstić information content (AvgIpc) is 3.49. The summed E-state index contributed by atoms with van der Waals surface area (Å²) in [6.07, 6.45) is 1.05. The number of hydrogen-bond acceptors (Lipinski definition) is 6. The van der Waals surface area contributed by atoms with Crippen LogP contribution in [0.2, 0.25) is 0 Å². The van der Waals surface area contributed by atoms with Crippen LogP contribution >= 0.6 is 0 Å². The van der Waals surface area contributed by atoms with Crippen molar-refractivity contribution in [3.05, 3.63) is 23.9 Å². The third-order valence-electron chi connectivity index (χ3n) is 5.48. The molecule has 2 heterocycles. The first-order chi connectivity index (χ1) is 14.7. The van der Waals surface area contributed by atoms with Crippen LogP contribution in [0.4, 0.5) is 13.2 Å². The van der Waals surface area contributed by atoms with Crippen LogP contribution in [0, 0.1) is 5.92 Å². The second-order valence-corrected chi connectivity index (χ2v) is 7.66. The van der Waals surface area contributed by atoms with Crippen LogP contribution in [0.1, 0.15) is 36.0 Å². The third kappa shape index (κ3) is 5.85. The molecule has 0 aromatic carbocycles. The molecule has 3 fully saturated rings. The Labute approximate surface area is 177 Å². The van der Waals surface area contributed by atoms with Crippen molar-refractivity contribution in [2.24, 2.45) is 5.92 Å². The number of fused-ring (bicyclic) bond motifs is 2. The number of carbonyl (C=O) groups is 2. The van der Waals surface area contributed by atoms with Crippen LogP contribution in [0.3, 0.4) is 0 Å². The van der Waals surface area contributed by atoms with Gasteiger partial charge in [-0.05, 0) is 43.7 Å². The molecule has 2 bridgehead atoms. The molecular formula is C20H25F3N2O6. The van der Waals surface area contributed by atoms with Crippen molar-refractivity contribution in [3.8, 4) is 5.88 Å². The highest BCUT2D eigenvalue weighted by Gasteiger charge is 2.45. The van der Waals surface area contributed by atoms with Crippen molar-refractivity contribution in [1.82, 2.24) is 9.88 Å². The van der Waals surface area contributed by atoms with Crippen LogP contribution < -0.4 is 4.74 Å². The molecule has 1 saturated heterocycles. The Morgan fingerprint density at radius 2 is 2.00 bits per heavy atom. The second kappa shape index (κ2) is 9.82. The zero-order chi connectivity index (χ0) is 22.6. The number of pyridine rings is 1. The first kappa shape index (κ1) is 23.3. The van der Waals surface area contributed by atoms with E-state index in [0.29, 0.717) is 30.5 Å². The summed E-state index contributed by atoms with van der Waals surface area (Å²) in [5, 5.41) is 7.12. The molecule has 3 unspecified atom stereocenters. The van der Waals surface area contributed by atoms with E-state index < -0.39 is 12.1 Å². The van der Waals surface area contributed by atoms with Crippen molar-refractivity contribution in [2.45, 2.75) is 50.1 Å². The van der Waals surface area contributed by atoms with Crippen LogP contribution in [-0.4, -0.2) is 78.2 Å². The van der Waals surface area contributed by atoms with Gasteiger partial charge in [-0.2, -0.15) is 13.2 Å². The van der Waals surface area contributed by atoms with Gasteiger partial charge in [0.25, 0.3) is 5.91 Å². The van der Waals surface area contributed by atoms with E-state index >= 15 is 0 Å². The Balaban J connectivity index is 0.000000339. The molecule has 31 heavy (non-hydrogen) atoms. The van der Waals surface area contributed by atoms with Crippen LogP contribution in [0.15, 0.2) is 18.3 Å². The molecule has 8 nitrogen and oxygen atoms in total. The van der Waals surface area contributed by atoms with Gasteiger partial charge < -0.3 is 24.2 Å². The normalized spacial score (nSPS) is 25.3. The maximum absolute atomic E-state index is 13.1. The van der Waals surface area contributed by atoms with E-state index in [4.69, 9.17) is 24.1 Å². The minimum atomic E-state index is -5.08. The summed E-state index contributed by atoms with van der Waals surface area (Å²) >= 11 is 0. The fourth-order valence-electron chi connectivity index (χ4n) is 3.76. The number of carboxylic acid groups (broad SMARTS) is 1. The molecule has 3 atom stereocenters. The second-order valence-electron chi connectivity index (χ2n) is 7.66. The van der Waals surface area contributed by atoms with Crippen molar-refractivity contribution in [2.75, 3.05) is 26.9 Å². The molecule has 2 aliphatic carbocycles. The SMILES string of the molecule is COc1ncccc1C(=O)N1CCOC2CCC1C2OCC1CC1.O=C(O)C(F)(F)F. The number of aromatic nitrogens is 1. The van der Waals surface area contributed by atoms with Gasteiger partial charge in [0, 0.05) is 19.3 Å². The number of methoxy groups -OCH3 is 1. The predicted molar refractivity (Wildman–Crippen MR) is 101 cm³/mol. The van der Waals surface area contributed by atoms with Gasteiger partial charge in [-0.1, -0.05) is 0 Å². The van der Waals surface area contributed by atoms with Gasteiger partial charge in [0.2, 0.25) is 5.88 Å². The van der Waals surface area contributed by atoms with E-state index in [1.165, 1.54) is 20.0 Å². The molecular weight excluding hydrogens is 421 g/mol. The van der Waals surface area contributed by atoms with Gasteiger partial charge in [-0.15, -0.1) is 0 Å². The molecule has 1 aromatic heterocycles. The summed E-state index contributed by atoms with van der Waals surface area (Å²) < 4.78 is 49.1. The Kier molecular flexibility index (Phi) is 7.37. The van der Waals surface area contributed by atoms with Gasteiger partial charge in [0.05, 0.1) is 25.9 Å². The predicted octanol–water partition coefficient (Wildman–Crippen LogP) is 2.52. The minimum Gasteiger partial charge on any atom is -0.480 e. The summed E-state index contributed by atoms with van der Waals surface area (Å²) in [5.74, 6) is -1.73. The minimum absolute atomic E-state index is 0.0142. The highest BCUT2D eigenvalue weighted by Crippen LogP contribution is 2.36. The first-order valence-electron chi connectivity index (χ1n) is 10.1. The Hall–Kier alpha value is -2.40. The monoisotopic (exact) mass is 446 g/mol. The highest BCUT2D eigenvalue weighted by molar-refractivity contribution is 5.96. The lowest BCUT2D eigenvalue weighted by Gasteiger charge is -2.31. The number of aliphatic carboxylic acids is 1. The number of rotatable bonds is 5. The standard InChI is InChI=1S/C18H24N2O4.C2HF3O2/c1-22-17-13(3-2-8-19-17)18(21)20-9-10-23-15-7-6-14(20)16(15)24-11-12-4-5-12;3-2(4,5)1(6)7/h2-3,8,12,14-16H,4-7,9-11H2,1H3;(H,6,7). The number of ether oxygens (including phenoxy) is 3. The number of carboxylic acids is 1. The zero-order valence-corrected chi connectivity index (χ0v) is 17.0. The Morgan fingerprint density at radius 1 is 1.29 bits per heavy atom. The fraction of sp³-hybridized carbons (Fsp3) is 0.650. The summed E-state index contributed by atoms with van der Waals surface area (Å²) in [4.78, 5) is 28.1. The van der Waals surface area contributed by atoms with Gasteiger partial charge in [0.15, 0.2) is 0 Å². The molecule has 1 amide bonds. The third-order valence-corrected chi connectivity index (χ3v) is 5.48. The van der Waals surface area contributed by atoms with Crippen molar-refractivity contribution in [3.63, 3.8) is 0 Å². The largest absolute Gasteiger partial charge is 0.490 e. The molecule has 172 valence electrons. The number of hydrogen-bond donors (Lipinski definition) is 1. The van der Waals surface area contributed by atoms with E-state index in [1.54, 1.807) is 18.3 Å². The lowest BCUT2D eigenvalue weighted by atomic mass is 10.1. The van der Waals surface area contributed by atoms with Crippen LogP contribution in [0.5, 0.6) is 5.88 Å². The van der Waals surface area contributed by atoms with Crippen LogP contribution in [-0.2, 0) is 14.3 Å². The zero-order valence-electron chi connectivity index (χ0n) is 17.0. The van der Waals surface area contributed by atoms with E-state index in [-0.39, 0.29) is 24.2 Å². The molecule has 1 N–H and O–H groups in total. The quantitative estimate of drug-likeness (QED) is 0.742. The average molecular weight is 446 g/mol. The van der Waals surface area contributed by atoms with Crippen LogP contribution in [0.25, 0.3) is 0 Å². The molecule has 3 aliphatic rings. The van der Waals surface area contributed by atoms with E-state index in [0.717, 1.165) is 19.4 Å². The van der Waals surface area contributed by atoms with E-state index in [2.05, 4.69) is 4.98 Å². The van der Waals surface area contributed by atoms with Gasteiger partial charge in [-0.3, -0.25) is 4.79 Å². The summed E-state index contributed by atoms with van der Waals surface area (Å²) in [5.41, 5.74) is 0.506. The lowest BCUT2D eigenvalue weighted by Crippen LogP contribution is -2.46. The highest BCUT2D eigenvalue weighted by atomic mass is 19.4.